The van der Waals surface area contributed by atoms with Gasteiger partial charge in [0.2, 0.25) is 0 Å². The summed E-state index contributed by atoms with van der Waals surface area (Å²) >= 11 is 0. The number of aromatic amines is 1. The minimum Gasteiger partial charge on any atom is -0.501 e. The highest BCUT2D eigenvalue weighted by molar-refractivity contribution is 6.76. The average molecular weight is 817 g/mol. The third-order valence-corrected chi connectivity index (χ3v) is 13.9. The first-order valence-corrected chi connectivity index (χ1v) is 28.0. The van der Waals surface area contributed by atoms with Gasteiger partial charge in [-0.05, 0) is 77.6 Å². The number of amides is 1. The molecule has 2 unspecified atom stereocenters. The van der Waals surface area contributed by atoms with Crippen molar-refractivity contribution in [1.82, 2.24) is 34.4 Å². The molecule has 2 atom stereocenters. The summed E-state index contributed by atoms with van der Waals surface area (Å²) in [7, 11) is -2.67. The van der Waals surface area contributed by atoms with Crippen molar-refractivity contribution in [3.8, 4) is 22.6 Å². The van der Waals surface area contributed by atoms with Gasteiger partial charge in [0, 0.05) is 82.6 Å². The van der Waals surface area contributed by atoms with Gasteiger partial charge in [-0.15, -0.1) is 0 Å². The molecule has 13 nitrogen and oxygen atoms in total. The predicted octanol–water partition coefficient (Wildman–Crippen LogP) is 9.27. The van der Waals surface area contributed by atoms with Crippen molar-refractivity contribution in [2.45, 2.75) is 128 Å². The maximum atomic E-state index is 13.5. The van der Waals surface area contributed by atoms with E-state index in [1.807, 2.05) is 67.7 Å². The Bertz CT molecular complexity index is 1930. The third kappa shape index (κ3) is 10.9. The Morgan fingerprint density at radius 2 is 1.63 bits per heavy atom. The smallest absolute Gasteiger partial charge is 0.410 e. The van der Waals surface area contributed by atoms with Crippen molar-refractivity contribution in [3.05, 3.63) is 54.4 Å². The van der Waals surface area contributed by atoms with Crippen LogP contribution in [0.1, 0.15) is 70.6 Å². The minimum atomic E-state index is -1.33. The second kappa shape index (κ2) is 17.8. The van der Waals surface area contributed by atoms with Crippen LogP contribution in [0.3, 0.4) is 0 Å². The van der Waals surface area contributed by atoms with E-state index in [-0.39, 0.29) is 24.1 Å². The van der Waals surface area contributed by atoms with Crippen molar-refractivity contribution in [2.24, 2.45) is 0 Å². The number of anilines is 1. The van der Waals surface area contributed by atoms with E-state index >= 15 is 0 Å². The van der Waals surface area contributed by atoms with Crippen molar-refractivity contribution < 1.29 is 23.7 Å². The van der Waals surface area contributed by atoms with Crippen LogP contribution >= 0.6 is 0 Å². The van der Waals surface area contributed by atoms with E-state index in [0.29, 0.717) is 39.1 Å². The van der Waals surface area contributed by atoms with Crippen LogP contribution in [-0.4, -0.2) is 108 Å². The molecule has 4 aromatic rings. The number of carbonyl (C=O) groups is 1. The Kier molecular flexibility index (Phi) is 13.3. The Balaban J connectivity index is 1.47. The SMILES string of the molecule is CCO/C=C\c1c(C2CC3CCC(C2)N3C(=O)OC(C)(C)C)nc2c(-c3ccc(-c4ncc[nH]4)nc3)cnn2c1N(COCC[Si](C)(C)C)COCC[Si](C)(C)C. The Morgan fingerprint density at radius 1 is 0.965 bits per heavy atom. The van der Waals surface area contributed by atoms with Gasteiger partial charge < -0.3 is 33.7 Å². The van der Waals surface area contributed by atoms with Crippen LogP contribution < -0.4 is 4.90 Å². The molecule has 6 rings (SSSR count). The van der Waals surface area contributed by atoms with Gasteiger partial charge in [0.25, 0.3) is 0 Å². The standard InChI is InChI=1S/C42H64N8O5Si2/c1-11-52-19-16-34-37(31-24-32-13-14-33(25-31)49(32)41(51)55-42(2,3)4)47-39-35(30-12-15-36(45-26-30)38-43-17-18-44-38)27-46-50(39)40(34)48(28-53-20-22-56(5,6)7)29-54-21-23-57(8,9)10/h12,15-19,26-27,31-33H,11,13-14,20-25,28-29H2,1-10H3,(H,43,44)/b19-16-. The van der Waals surface area contributed by atoms with Gasteiger partial charge in [-0.3, -0.25) is 4.98 Å². The van der Waals surface area contributed by atoms with Crippen LogP contribution in [0.25, 0.3) is 34.4 Å². The molecule has 0 aliphatic carbocycles. The first-order valence-electron chi connectivity index (χ1n) is 20.6. The van der Waals surface area contributed by atoms with Crippen LogP contribution in [0.15, 0.2) is 43.2 Å². The summed E-state index contributed by atoms with van der Waals surface area (Å²) < 4.78 is 26.7. The largest absolute Gasteiger partial charge is 0.501 e. The highest BCUT2D eigenvalue weighted by atomic mass is 28.3. The summed E-state index contributed by atoms with van der Waals surface area (Å²) in [6.07, 6.45) is 14.2. The number of rotatable bonds is 17. The number of H-pyrrole nitrogens is 1. The lowest BCUT2D eigenvalue weighted by Gasteiger charge is -2.40. The second-order valence-electron chi connectivity index (χ2n) is 18.8. The van der Waals surface area contributed by atoms with Gasteiger partial charge in [-0.2, -0.15) is 9.61 Å². The summed E-state index contributed by atoms with van der Waals surface area (Å²) in [6, 6.07) is 6.23. The van der Waals surface area contributed by atoms with Gasteiger partial charge >= 0.3 is 6.09 Å². The lowest BCUT2D eigenvalue weighted by Crippen LogP contribution is -2.48. The first kappa shape index (κ1) is 42.5. The van der Waals surface area contributed by atoms with Crippen LogP contribution in [0.5, 0.6) is 0 Å². The molecular formula is C42H64N8O5Si2. The third-order valence-electron chi connectivity index (χ3n) is 10.5. The van der Waals surface area contributed by atoms with Crippen molar-refractivity contribution in [1.29, 1.82) is 0 Å². The van der Waals surface area contributed by atoms with Crippen LogP contribution in [-0.2, 0) is 18.9 Å². The predicted molar refractivity (Wildman–Crippen MR) is 232 cm³/mol. The lowest BCUT2D eigenvalue weighted by atomic mass is 9.86. The quantitative estimate of drug-likeness (QED) is 0.0476. The lowest BCUT2D eigenvalue weighted by molar-refractivity contribution is 0.00568. The molecule has 0 spiro atoms. The normalized spacial score (nSPS) is 18.8. The molecule has 0 saturated carbocycles. The molecule has 2 aliphatic heterocycles. The van der Waals surface area contributed by atoms with E-state index < -0.39 is 21.7 Å². The number of imidazole rings is 1. The van der Waals surface area contributed by atoms with Crippen molar-refractivity contribution in [2.75, 3.05) is 38.2 Å². The minimum absolute atomic E-state index is 0.0578. The Hall–Kier alpha value is -4.06. The first-order chi connectivity index (χ1) is 27.0. The summed E-state index contributed by atoms with van der Waals surface area (Å²) in [6.45, 7) is 24.5. The number of nitrogens with zero attached hydrogens (tertiary/aromatic N) is 7. The molecule has 1 N–H and O–H groups in total. The van der Waals surface area contributed by atoms with Gasteiger partial charge in [0.1, 0.15) is 30.6 Å². The number of hydrogen-bond acceptors (Lipinski definition) is 10. The molecule has 0 aromatic carbocycles. The van der Waals surface area contributed by atoms with Crippen LogP contribution in [0.4, 0.5) is 10.6 Å². The number of pyridine rings is 1. The topological polar surface area (TPSA) is 132 Å². The van der Waals surface area contributed by atoms with Gasteiger partial charge in [0.05, 0.1) is 24.8 Å². The maximum absolute atomic E-state index is 13.5. The molecule has 6 heterocycles. The Labute approximate surface area is 340 Å². The highest BCUT2D eigenvalue weighted by Crippen LogP contribution is 2.46. The number of piperidine rings is 1. The molecular weight excluding hydrogens is 753 g/mol. The fourth-order valence-corrected chi connectivity index (χ4v) is 9.09. The number of aromatic nitrogens is 6. The average Bonchev–Trinajstić information content (AvgIpc) is 3.88. The number of fused-ring (bicyclic) bond motifs is 3. The van der Waals surface area contributed by atoms with E-state index in [0.717, 1.165) is 77.3 Å². The zero-order valence-electron chi connectivity index (χ0n) is 35.8. The van der Waals surface area contributed by atoms with Gasteiger partial charge in [-0.25, -0.2) is 14.8 Å². The van der Waals surface area contributed by atoms with Crippen LogP contribution in [0, 0.1) is 0 Å². The van der Waals surface area contributed by atoms with E-state index in [1.54, 1.807) is 18.7 Å². The zero-order chi connectivity index (χ0) is 41.0. The number of ether oxygens (including phenoxy) is 4. The highest BCUT2D eigenvalue weighted by Gasteiger charge is 2.46. The molecule has 2 fully saturated rings. The molecule has 57 heavy (non-hydrogen) atoms. The second-order valence-corrected chi connectivity index (χ2v) is 30.1. The Morgan fingerprint density at radius 3 is 2.18 bits per heavy atom. The van der Waals surface area contributed by atoms with E-state index in [4.69, 9.17) is 34.0 Å². The fraction of sp³-hybridized carbons (Fsp3) is 0.595. The summed E-state index contributed by atoms with van der Waals surface area (Å²) in [5.41, 5.74) is 4.53. The molecule has 15 heteroatoms. The summed E-state index contributed by atoms with van der Waals surface area (Å²) in [4.78, 5) is 35.5. The molecule has 0 radical (unpaired) electrons. The number of nitrogens with one attached hydrogen (secondary N) is 1. The zero-order valence-corrected chi connectivity index (χ0v) is 37.8. The molecule has 2 saturated heterocycles. The van der Waals surface area contributed by atoms with E-state index in [9.17, 15) is 4.79 Å². The molecule has 2 bridgehead atoms. The maximum Gasteiger partial charge on any atom is 0.410 e. The molecule has 4 aromatic heterocycles. The summed E-state index contributed by atoms with van der Waals surface area (Å²) in [5, 5.41) is 5.03. The van der Waals surface area contributed by atoms with E-state index in [2.05, 4.69) is 54.1 Å². The van der Waals surface area contributed by atoms with Crippen molar-refractivity contribution >= 4 is 39.8 Å². The van der Waals surface area contributed by atoms with E-state index in [1.165, 1.54) is 0 Å². The van der Waals surface area contributed by atoms with Crippen LogP contribution in [0.2, 0.25) is 51.4 Å². The van der Waals surface area contributed by atoms with Gasteiger partial charge in [0.15, 0.2) is 11.5 Å². The molecule has 2 aliphatic rings. The van der Waals surface area contributed by atoms with Gasteiger partial charge in [-0.1, -0.05) is 45.3 Å². The fourth-order valence-electron chi connectivity index (χ4n) is 7.58. The van der Waals surface area contributed by atoms with Crippen molar-refractivity contribution in [3.63, 3.8) is 0 Å². The number of hydrogen-bond donors (Lipinski definition) is 1. The summed E-state index contributed by atoms with van der Waals surface area (Å²) in [5.74, 6) is 1.61. The molecule has 310 valence electrons. The monoisotopic (exact) mass is 816 g/mol. The number of carbonyl (C=O) groups excluding carboxylic acids is 1. The molecule has 1 amide bonds.